The highest BCUT2D eigenvalue weighted by atomic mass is 35.5. The molecule has 7 nitrogen and oxygen atoms in total. The second kappa shape index (κ2) is 7.40. The van der Waals surface area contributed by atoms with Crippen molar-refractivity contribution in [2.75, 3.05) is 13.2 Å². The molecule has 0 radical (unpaired) electrons. The summed E-state index contributed by atoms with van der Waals surface area (Å²) in [5.74, 6) is 1.67. The summed E-state index contributed by atoms with van der Waals surface area (Å²) in [7, 11) is 0. The van der Waals surface area contributed by atoms with Gasteiger partial charge in [0.15, 0.2) is 0 Å². The first-order valence-electron chi connectivity index (χ1n) is 9.72. The second-order valence-electron chi connectivity index (χ2n) is 7.51. The van der Waals surface area contributed by atoms with Crippen molar-refractivity contribution in [1.29, 1.82) is 0 Å². The number of hydrogen-bond acceptors (Lipinski definition) is 6. The van der Waals surface area contributed by atoms with Crippen molar-refractivity contribution >= 4 is 33.5 Å². The molecule has 1 fully saturated rings. The number of hydrogen-bond donors (Lipinski definition) is 1. The molecule has 4 heterocycles. The molecule has 1 aliphatic heterocycles. The Morgan fingerprint density at radius 1 is 1.28 bits per heavy atom. The van der Waals surface area contributed by atoms with Gasteiger partial charge in [0.25, 0.3) is 0 Å². The Kier molecular flexibility index (Phi) is 4.73. The molecule has 8 heteroatoms. The van der Waals surface area contributed by atoms with Gasteiger partial charge in [-0.05, 0) is 38.0 Å². The average molecular weight is 413 g/mol. The number of pyridine rings is 1. The van der Waals surface area contributed by atoms with Crippen molar-refractivity contribution < 1.29 is 14.4 Å². The van der Waals surface area contributed by atoms with Crippen LogP contribution in [-0.4, -0.2) is 44.1 Å². The lowest BCUT2D eigenvalue weighted by Crippen LogP contribution is -2.30. The third-order valence-corrected chi connectivity index (χ3v) is 5.71. The van der Waals surface area contributed by atoms with Gasteiger partial charge < -0.3 is 18.9 Å². The number of halogens is 1. The van der Waals surface area contributed by atoms with E-state index in [1.807, 2.05) is 37.4 Å². The van der Waals surface area contributed by atoms with E-state index < -0.39 is 0 Å². The minimum Gasteiger partial charge on any atom is -0.394 e. The maximum absolute atomic E-state index is 9.64. The van der Waals surface area contributed by atoms with Crippen molar-refractivity contribution in [3.8, 4) is 0 Å². The van der Waals surface area contributed by atoms with E-state index in [1.165, 1.54) is 0 Å². The predicted molar refractivity (Wildman–Crippen MR) is 109 cm³/mol. The van der Waals surface area contributed by atoms with Gasteiger partial charge in [0.05, 0.1) is 42.1 Å². The molecule has 3 aromatic heterocycles. The summed E-state index contributed by atoms with van der Waals surface area (Å²) in [4.78, 5) is 9.45. The molecular weight excluding hydrogens is 392 g/mol. The zero-order chi connectivity index (χ0) is 20.0. The van der Waals surface area contributed by atoms with Crippen LogP contribution < -0.4 is 0 Å². The van der Waals surface area contributed by atoms with Gasteiger partial charge in [-0.3, -0.25) is 4.98 Å². The van der Waals surface area contributed by atoms with Crippen LogP contribution in [0.25, 0.3) is 21.9 Å². The average Bonchev–Trinajstić information content (AvgIpc) is 3.31. The molecule has 4 aromatic rings. The number of ether oxygens (including phenoxy) is 1. The SMILES string of the molecule is Cc1cc(Cc2nc3cnc4ccc(Cl)cc4c3n2[C@@H]2CCO[C@H](CO)C2)no1. The molecule has 1 saturated heterocycles. The first kappa shape index (κ1) is 18.5. The van der Waals surface area contributed by atoms with E-state index in [0.29, 0.717) is 18.1 Å². The maximum atomic E-state index is 9.64. The number of nitrogens with zero attached hydrogens (tertiary/aromatic N) is 4. The molecule has 29 heavy (non-hydrogen) atoms. The third kappa shape index (κ3) is 3.39. The summed E-state index contributed by atoms with van der Waals surface area (Å²) in [5, 5.41) is 15.4. The highest BCUT2D eigenvalue weighted by Gasteiger charge is 2.28. The Balaban J connectivity index is 1.72. The number of aliphatic hydroxyl groups is 1. The molecule has 1 aromatic carbocycles. The summed E-state index contributed by atoms with van der Waals surface area (Å²) < 4.78 is 13.2. The van der Waals surface area contributed by atoms with Crippen LogP contribution in [0.2, 0.25) is 5.02 Å². The van der Waals surface area contributed by atoms with E-state index in [0.717, 1.165) is 52.1 Å². The predicted octanol–water partition coefficient (Wildman–Crippen LogP) is 3.84. The highest BCUT2D eigenvalue weighted by Crippen LogP contribution is 2.35. The minimum atomic E-state index is -0.176. The van der Waals surface area contributed by atoms with E-state index >= 15 is 0 Å². The topological polar surface area (TPSA) is 86.2 Å². The number of fused-ring (bicyclic) bond motifs is 3. The van der Waals surface area contributed by atoms with Crippen molar-refractivity contribution in [1.82, 2.24) is 19.7 Å². The minimum absolute atomic E-state index is 0.00900. The van der Waals surface area contributed by atoms with Gasteiger partial charge in [0.1, 0.15) is 17.1 Å². The van der Waals surface area contributed by atoms with E-state index in [9.17, 15) is 5.11 Å². The van der Waals surface area contributed by atoms with Crippen molar-refractivity contribution in [2.24, 2.45) is 0 Å². The zero-order valence-electron chi connectivity index (χ0n) is 16.0. The first-order chi connectivity index (χ1) is 14.1. The maximum Gasteiger partial charge on any atom is 0.133 e. The van der Waals surface area contributed by atoms with Gasteiger partial charge in [-0.1, -0.05) is 16.8 Å². The Morgan fingerprint density at radius 2 is 2.17 bits per heavy atom. The van der Waals surface area contributed by atoms with Crippen molar-refractivity contribution in [3.63, 3.8) is 0 Å². The summed E-state index contributed by atoms with van der Waals surface area (Å²) in [6, 6.07) is 7.79. The zero-order valence-corrected chi connectivity index (χ0v) is 16.8. The van der Waals surface area contributed by atoms with Crippen LogP contribution in [0.3, 0.4) is 0 Å². The fraction of sp³-hybridized carbons (Fsp3) is 0.381. The molecule has 2 atom stereocenters. The molecule has 0 amide bonds. The van der Waals surface area contributed by atoms with Crippen molar-refractivity contribution in [3.05, 3.63) is 52.8 Å². The molecule has 0 spiro atoms. The number of aromatic nitrogens is 4. The van der Waals surface area contributed by atoms with Crippen LogP contribution in [-0.2, 0) is 11.2 Å². The highest BCUT2D eigenvalue weighted by molar-refractivity contribution is 6.31. The Hall–Kier alpha value is -2.48. The van der Waals surface area contributed by atoms with E-state index in [4.69, 9.17) is 25.8 Å². The Bertz CT molecular complexity index is 1190. The number of benzene rings is 1. The van der Waals surface area contributed by atoms with E-state index in [2.05, 4.69) is 14.7 Å². The van der Waals surface area contributed by atoms with Crippen LogP contribution in [0, 0.1) is 6.92 Å². The lowest BCUT2D eigenvalue weighted by atomic mass is 10.0. The summed E-state index contributed by atoms with van der Waals surface area (Å²) in [5.41, 5.74) is 3.54. The molecule has 0 unspecified atom stereocenters. The fourth-order valence-corrected chi connectivity index (χ4v) is 4.37. The van der Waals surface area contributed by atoms with Crippen LogP contribution in [0.5, 0.6) is 0 Å². The third-order valence-electron chi connectivity index (χ3n) is 5.48. The van der Waals surface area contributed by atoms with Gasteiger partial charge in [-0.15, -0.1) is 0 Å². The molecular formula is C21H21ClN4O3. The Labute approximate surface area is 172 Å². The van der Waals surface area contributed by atoms with Crippen LogP contribution >= 0.6 is 11.6 Å². The molecule has 1 aliphatic rings. The molecule has 5 rings (SSSR count). The number of aryl methyl sites for hydroxylation is 1. The van der Waals surface area contributed by atoms with Crippen LogP contribution in [0.1, 0.15) is 36.2 Å². The lowest BCUT2D eigenvalue weighted by Gasteiger charge is -2.31. The van der Waals surface area contributed by atoms with Crippen LogP contribution in [0.15, 0.2) is 35.0 Å². The van der Waals surface area contributed by atoms with Gasteiger partial charge in [-0.25, -0.2) is 4.98 Å². The van der Waals surface area contributed by atoms with E-state index in [-0.39, 0.29) is 18.8 Å². The summed E-state index contributed by atoms with van der Waals surface area (Å²) >= 11 is 6.31. The van der Waals surface area contributed by atoms with Crippen LogP contribution in [0.4, 0.5) is 0 Å². The van der Waals surface area contributed by atoms with Gasteiger partial charge in [0, 0.05) is 29.1 Å². The second-order valence-corrected chi connectivity index (χ2v) is 7.95. The van der Waals surface area contributed by atoms with Gasteiger partial charge in [0.2, 0.25) is 0 Å². The molecule has 0 saturated carbocycles. The van der Waals surface area contributed by atoms with Gasteiger partial charge in [-0.2, -0.15) is 0 Å². The summed E-state index contributed by atoms with van der Waals surface area (Å²) in [6.45, 7) is 2.49. The lowest BCUT2D eigenvalue weighted by molar-refractivity contribution is -0.0344. The molecule has 150 valence electrons. The molecule has 0 aliphatic carbocycles. The molecule has 0 bridgehead atoms. The van der Waals surface area contributed by atoms with Crippen molar-refractivity contribution in [2.45, 2.75) is 38.3 Å². The number of imidazole rings is 1. The largest absolute Gasteiger partial charge is 0.394 e. The fourth-order valence-electron chi connectivity index (χ4n) is 4.20. The molecule has 1 N–H and O–H groups in total. The van der Waals surface area contributed by atoms with E-state index in [1.54, 1.807) is 0 Å². The first-order valence-corrected chi connectivity index (χ1v) is 10.1. The summed E-state index contributed by atoms with van der Waals surface area (Å²) in [6.07, 6.45) is 3.75. The number of rotatable bonds is 4. The Morgan fingerprint density at radius 3 is 2.97 bits per heavy atom. The monoisotopic (exact) mass is 412 g/mol. The smallest absolute Gasteiger partial charge is 0.133 e. The van der Waals surface area contributed by atoms with Gasteiger partial charge >= 0.3 is 0 Å². The quantitative estimate of drug-likeness (QED) is 0.548. The normalized spacial score (nSPS) is 20.0. The standard InChI is InChI=1S/C21H21ClN4O3/c1-12-6-14(25-29-12)8-20-24-19-10-23-18-3-2-13(22)7-17(18)21(19)26(20)15-4-5-28-16(9-15)11-27/h2-3,6-7,10,15-16,27H,4-5,8-9,11H2,1H3/t15-,16+/m1/s1. The number of aliphatic hydroxyl groups excluding tert-OH is 1.